The van der Waals surface area contributed by atoms with Gasteiger partial charge in [-0.15, -0.1) is 0 Å². The summed E-state index contributed by atoms with van der Waals surface area (Å²) in [7, 11) is 1.86. The fourth-order valence-electron chi connectivity index (χ4n) is 3.04. The zero-order valence-electron chi connectivity index (χ0n) is 13.5. The van der Waals surface area contributed by atoms with Gasteiger partial charge in [0, 0.05) is 25.3 Å². The summed E-state index contributed by atoms with van der Waals surface area (Å²) in [5, 5.41) is 11.1. The van der Waals surface area contributed by atoms with Crippen molar-refractivity contribution in [2.45, 2.75) is 64.5 Å². The van der Waals surface area contributed by atoms with E-state index in [4.69, 9.17) is 0 Å². The van der Waals surface area contributed by atoms with Gasteiger partial charge >= 0.3 is 0 Å². The number of amides is 1. The Morgan fingerprint density at radius 2 is 1.95 bits per heavy atom. The van der Waals surface area contributed by atoms with E-state index in [9.17, 15) is 4.79 Å². The second kappa shape index (κ2) is 7.59. The lowest BCUT2D eigenvalue weighted by molar-refractivity contribution is 0.0923. The van der Waals surface area contributed by atoms with E-state index in [2.05, 4.69) is 22.7 Å². The molecule has 0 atom stereocenters. The Morgan fingerprint density at radius 1 is 1.29 bits per heavy atom. The summed E-state index contributed by atoms with van der Waals surface area (Å²) in [4.78, 5) is 12.4. The van der Waals surface area contributed by atoms with Crippen LogP contribution in [0.5, 0.6) is 0 Å². The zero-order valence-corrected chi connectivity index (χ0v) is 13.5. The highest BCUT2D eigenvalue weighted by atomic mass is 16.1. The van der Waals surface area contributed by atoms with Gasteiger partial charge < -0.3 is 10.6 Å². The van der Waals surface area contributed by atoms with Crippen molar-refractivity contribution in [2.75, 3.05) is 6.54 Å². The lowest BCUT2D eigenvalue weighted by Gasteiger charge is -2.29. The van der Waals surface area contributed by atoms with Crippen LogP contribution in [0.2, 0.25) is 0 Å². The quantitative estimate of drug-likeness (QED) is 0.843. The number of nitrogens with zero attached hydrogens (tertiary/aromatic N) is 2. The molecule has 2 N–H and O–H groups in total. The van der Waals surface area contributed by atoms with Gasteiger partial charge in [-0.05, 0) is 45.1 Å². The van der Waals surface area contributed by atoms with Crippen molar-refractivity contribution in [3.05, 3.63) is 17.5 Å². The van der Waals surface area contributed by atoms with Crippen molar-refractivity contribution in [1.29, 1.82) is 0 Å². The summed E-state index contributed by atoms with van der Waals surface area (Å²) in [6, 6.07) is 0.935. The van der Waals surface area contributed by atoms with Crippen LogP contribution >= 0.6 is 0 Å². The van der Waals surface area contributed by atoms with E-state index in [-0.39, 0.29) is 5.91 Å². The standard InChI is InChI=1S/C16H28N4O/c1-4-10-17-12-6-8-13(9-7-12)18-16(21)14-11-20(3)19-15(14)5-2/h11-13,17H,4-10H2,1-3H3,(H,18,21). The third-order valence-electron chi connectivity index (χ3n) is 4.23. The van der Waals surface area contributed by atoms with Crippen LogP contribution in [-0.4, -0.2) is 34.3 Å². The fourth-order valence-corrected chi connectivity index (χ4v) is 3.04. The monoisotopic (exact) mass is 292 g/mol. The third-order valence-corrected chi connectivity index (χ3v) is 4.23. The Hall–Kier alpha value is -1.36. The van der Waals surface area contributed by atoms with E-state index >= 15 is 0 Å². The molecule has 1 heterocycles. The van der Waals surface area contributed by atoms with Gasteiger partial charge in [0.15, 0.2) is 0 Å². The molecule has 0 bridgehead atoms. The molecule has 118 valence electrons. The maximum absolute atomic E-state index is 12.4. The minimum Gasteiger partial charge on any atom is -0.349 e. The number of rotatable bonds is 6. The van der Waals surface area contributed by atoms with E-state index in [1.165, 1.54) is 6.42 Å². The molecule has 0 unspecified atom stereocenters. The van der Waals surface area contributed by atoms with Crippen molar-refractivity contribution >= 4 is 5.91 Å². The predicted octanol–water partition coefficient (Wildman–Crippen LogP) is 2.02. The van der Waals surface area contributed by atoms with Crippen LogP contribution in [0, 0.1) is 0 Å². The lowest BCUT2D eigenvalue weighted by atomic mass is 9.91. The Kier molecular flexibility index (Phi) is 5.79. The molecule has 21 heavy (non-hydrogen) atoms. The molecule has 0 saturated heterocycles. The average Bonchev–Trinajstić information content (AvgIpc) is 2.88. The first-order chi connectivity index (χ1) is 10.1. The molecule has 0 radical (unpaired) electrons. The van der Waals surface area contributed by atoms with Crippen LogP contribution in [0.25, 0.3) is 0 Å². The molecule has 1 aromatic heterocycles. The van der Waals surface area contributed by atoms with Gasteiger partial charge in [-0.25, -0.2) is 0 Å². The molecule has 1 saturated carbocycles. The van der Waals surface area contributed by atoms with Crippen molar-refractivity contribution < 1.29 is 4.79 Å². The van der Waals surface area contributed by atoms with Crippen molar-refractivity contribution in [2.24, 2.45) is 7.05 Å². The highest BCUT2D eigenvalue weighted by molar-refractivity contribution is 5.95. The Morgan fingerprint density at radius 3 is 2.57 bits per heavy atom. The van der Waals surface area contributed by atoms with Crippen LogP contribution in [0.1, 0.15) is 62.0 Å². The summed E-state index contributed by atoms with van der Waals surface area (Å²) in [6.07, 6.45) is 8.22. The number of nitrogens with one attached hydrogen (secondary N) is 2. The molecular weight excluding hydrogens is 264 g/mol. The summed E-state index contributed by atoms with van der Waals surface area (Å²) in [5.41, 5.74) is 1.61. The summed E-state index contributed by atoms with van der Waals surface area (Å²) < 4.78 is 1.72. The van der Waals surface area contributed by atoms with Gasteiger partial charge in [0.05, 0.1) is 11.3 Å². The minimum atomic E-state index is 0.0323. The van der Waals surface area contributed by atoms with Gasteiger partial charge in [0.2, 0.25) is 0 Å². The van der Waals surface area contributed by atoms with Crippen LogP contribution in [0.15, 0.2) is 6.20 Å². The number of hydrogen-bond donors (Lipinski definition) is 2. The first kappa shape index (κ1) is 16.0. The maximum Gasteiger partial charge on any atom is 0.254 e. The van der Waals surface area contributed by atoms with Gasteiger partial charge in [-0.2, -0.15) is 5.10 Å². The molecule has 5 nitrogen and oxygen atoms in total. The number of aromatic nitrogens is 2. The van der Waals surface area contributed by atoms with Gasteiger partial charge in [-0.3, -0.25) is 9.48 Å². The Balaban J connectivity index is 1.84. The maximum atomic E-state index is 12.4. The van der Waals surface area contributed by atoms with Crippen LogP contribution in [-0.2, 0) is 13.5 Å². The SMILES string of the molecule is CCCNC1CCC(NC(=O)c2cn(C)nc2CC)CC1. The van der Waals surface area contributed by atoms with Crippen molar-refractivity contribution in [1.82, 2.24) is 20.4 Å². The van der Waals surface area contributed by atoms with Crippen molar-refractivity contribution in [3.63, 3.8) is 0 Å². The molecule has 1 amide bonds. The molecule has 0 aliphatic heterocycles. The number of aryl methyl sites for hydroxylation is 2. The largest absolute Gasteiger partial charge is 0.349 e. The summed E-state index contributed by atoms with van der Waals surface area (Å²) in [6.45, 7) is 5.32. The topological polar surface area (TPSA) is 58.9 Å². The first-order valence-corrected chi connectivity index (χ1v) is 8.20. The average molecular weight is 292 g/mol. The highest BCUT2D eigenvalue weighted by Gasteiger charge is 2.23. The molecule has 1 aliphatic rings. The molecule has 1 aliphatic carbocycles. The molecular formula is C16H28N4O. The van der Waals surface area contributed by atoms with Gasteiger partial charge in [-0.1, -0.05) is 13.8 Å². The smallest absolute Gasteiger partial charge is 0.254 e. The molecule has 0 spiro atoms. The van der Waals surface area contributed by atoms with E-state index < -0.39 is 0 Å². The molecule has 0 aromatic carbocycles. The van der Waals surface area contributed by atoms with E-state index in [1.807, 2.05) is 20.2 Å². The van der Waals surface area contributed by atoms with Crippen molar-refractivity contribution in [3.8, 4) is 0 Å². The van der Waals surface area contributed by atoms with E-state index in [1.54, 1.807) is 4.68 Å². The predicted molar refractivity (Wildman–Crippen MR) is 84.4 cm³/mol. The first-order valence-electron chi connectivity index (χ1n) is 8.20. The van der Waals surface area contributed by atoms with Crippen LogP contribution in [0.3, 0.4) is 0 Å². The fraction of sp³-hybridized carbons (Fsp3) is 0.750. The van der Waals surface area contributed by atoms with Crippen LogP contribution in [0.4, 0.5) is 0 Å². The van der Waals surface area contributed by atoms with E-state index in [0.717, 1.165) is 49.9 Å². The zero-order chi connectivity index (χ0) is 15.2. The second-order valence-electron chi connectivity index (χ2n) is 5.99. The number of hydrogen-bond acceptors (Lipinski definition) is 3. The molecule has 1 fully saturated rings. The molecule has 2 rings (SSSR count). The summed E-state index contributed by atoms with van der Waals surface area (Å²) in [5.74, 6) is 0.0323. The third kappa shape index (κ3) is 4.30. The molecule has 1 aromatic rings. The molecule has 5 heteroatoms. The van der Waals surface area contributed by atoms with E-state index in [0.29, 0.717) is 12.1 Å². The number of carbonyl (C=O) groups excluding carboxylic acids is 1. The second-order valence-corrected chi connectivity index (χ2v) is 5.99. The minimum absolute atomic E-state index is 0.0323. The van der Waals surface area contributed by atoms with Gasteiger partial charge in [0.1, 0.15) is 0 Å². The van der Waals surface area contributed by atoms with Gasteiger partial charge in [0.25, 0.3) is 5.91 Å². The normalized spacial score (nSPS) is 22.2. The highest BCUT2D eigenvalue weighted by Crippen LogP contribution is 2.19. The lowest BCUT2D eigenvalue weighted by Crippen LogP contribution is -2.42. The summed E-state index contributed by atoms with van der Waals surface area (Å²) >= 11 is 0. The Bertz CT molecular complexity index is 461. The number of carbonyl (C=O) groups is 1. The Labute approximate surface area is 127 Å². The van der Waals surface area contributed by atoms with Crippen LogP contribution < -0.4 is 10.6 Å².